The summed E-state index contributed by atoms with van der Waals surface area (Å²) in [6, 6.07) is -1.98. The molecule has 0 saturated heterocycles. The zero-order chi connectivity index (χ0) is 24.8. The second kappa shape index (κ2) is 14.9. The highest BCUT2D eigenvalue weighted by molar-refractivity contribution is 5.92. The van der Waals surface area contributed by atoms with Crippen molar-refractivity contribution in [3.8, 4) is 0 Å². The van der Waals surface area contributed by atoms with Crippen LogP contribution in [-0.4, -0.2) is 61.4 Å². The van der Waals surface area contributed by atoms with Crippen LogP contribution in [0, 0.1) is 5.92 Å². The quantitative estimate of drug-likeness (QED) is 0.125. The maximum atomic E-state index is 12.7. The highest BCUT2D eigenvalue weighted by Gasteiger charge is 2.28. The average Bonchev–Trinajstić information content (AvgIpc) is 2.72. The Bertz CT molecular complexity index is 735. The van der Waals surface area contributed by atoms with Gasteiger partial charge in [0.1, 0.15) is 6.61 Å². The minimum absolute atomic E-state index is 0.0839. The van der Waals surface area contributed by atoms with E-state index >= 15 is 0 Å². The SMILES string of the molecule is C=C(C)C(=O)OC[C@H](CC(=O)[C@H](CCCC[NH3+])NC(=O)[C@@H]([NH3+])COC(=O)C(=C)C)C(=O)[O-]. The van der Waals surface area contributed by atoms with Gasteiger partial charge >= 0.3 is 11.9 Å². The Balaban J connectivity index is 5.13. The van der Waals surface area contributed by atoms with Crippen LogP contribution < -0.4 is 21.9 Å². The summed E-state index contributed by atoms with van der Waals surface area (Å²) in [5.74, 6) is -5.59. The molecule has 0 aliphatic heterocycles. The van der Waals surface area contributed by atoms with E-state index in [0.717, 1.165) is 0 Å². The molecule has 0 aromatic rings. The number of aliphatic carboxylic acids is 1. The Morgan fingerprint density at radius 1 is 0.969 bits per heavy atom. The number of nitrogens with one attached hydrogen (secondary N) is 1. The molecule has 0 heterocycles. The molecule has 0 aliphatic rings. The number of carboxylic acids is 1. The van der Waals surface area contributed by atoms with Gasteiger partial charge in [-0.2, -0.15) is 0 Å². The molecule has 0 saturated carbocycles. The number of quaternary nitrogens is 2. The van der Waals surface area contributed by atoms with E-state index in [1.165, 1.54) is 13.8 Å². The van der Waals surface area contributed by atoms with E-state index in [9.17, 15) is 29.1 Å². The molecule has 0 aliphatic carbocycles. The van der Waals surface area contributed by atoms with Crippen LogP contribution in [0.1, 0.15) is 39.5 Å². The van der Waals surface area contributed by atoms with Crippen LogP contribution in [0.5, 0.6) is 0 Å². The number of amides is 1. The lowest BCUT2D eigenvalue weighted by Gasteiger charge is -2.22. The summed E-state index contributed by atoms with van der Waals surface area (Å²) in [5, 5.41) is 13.9. The van der Waals surface area contributed by atoms with Gasteiger partial charge in [0, 0.05) is 29.5 Å². The predicted octanol–water partition coefficient (Wildman–Crippen LogP) is -2.94. The molecule has 0 aromatic heterocycles. The maximum Gasteiger partial charge on any atom is 0.333 e. The van der Waals surface area contributed by atoms with E-state index in [1.807, 2.05) is 0 Å². The third-order valence-corrected chi connectivity index (χ3v) is 4.38. The van der Waals surface area contributed by atoms with E-state index in [0.29, 0.717) is 19.4 Å². The number of Topliss-reactive ketones (excluding diaryl/α,β-unsaturated/α-hetero) is 1. The molecule has 11 heteroatoms. The maximum absolute atomic E-state index is 12.7. The Kier molecular flexibility index (Phi) is 13.5. The number of ether oxygens (including phenoxy) is 2. The van der Waals surface area contributed by atoms with Crippen LogP contribution in [0.15, 0.2) is 24.3 Å². The lowest BCUT2D eigenvalue weighted by atomic mass is 9.95. The van der Waals surface area contributed by atoms with Crippen molar-refractivity contribution in [1.82, 2.24) is 5.32 Å². The monoisotopic (exact) mass is 456 g/mol. The fourth-order valence-corrected chi connectivity index (χ4v) is 2.40. The van der Waals surface area contributed by atoms with Crippen molar-refractivity contribution in [3.63, 3.8) is 0 Å². The fourth-order valence-electron chi connectivity index (χ4n) is 2.40. The molecule has 180 valence electrons. The van der Waals surface area contributed by atoms with Gasteiger partial charge in [-0.05, 0) is 33.1 Å². The third kappa shape index (κ3) is 11.4. The topological polar surface area (TPSA) is 194 Å². The molecule has 0 unspecified atom stereocenters. The number of carbonyl (C=O) groups excluding carboxylic acids is 5. The summed E-state index contributed by atoms with van der Waals surface area (Å²) in [6.45, 7) is 9.44. The summed E-state index contributed by atoms with van der Waals surface area (Å²) in [7, 11) is 0. The molecule has 32 heavy (non-hydrogen) atoms. The number of hydrogen-bond donors (Lipinski definition) is 3. The largest absolute Gasteiger partial charge is 0.550 e. The first kappa shape index (κ1) is 28.9. The molecule has 0 bridgehead atoms. The van der Waals surface area contributed by atoms with Crippen molar-refractivity contribution in [3.05, 3.63) is 24.3 Å². The van der Waals surface area contributed by atoms with E-state index in [4.69, 9.17) is 9.47 Å². The van der Waals surface area contributed by atoms with Crippen molar-refractivity contribution in [1.29, 1.82) is 0 Å². The molecule has 0 aromatic carbocycles. The van der Waals surface area contributed by atoms with Crippen molar-refractivity contribution in [2.45, 2.75) is 51.6 Å². The van der Waals surface area contributed by atoms with Gasteiger partial charge in [0.2, 0.25) is 0 Å². The number of hydrogen-bond acceptors (Lipinski definition) is 8. The number of rotatable bonds is 16. The molecule has 7 N–H and O–H groups in total. The first-order valence-corrected chi connectivity index (χ1v) is 10.2. The predicted molar refractivity (Wildman–Crippen MR) is 110 cm³/mol. The van der Waals surface area contributed by atoms with Gasteiger partial charge in [0.05, 0.1) is 12.6 Å². The highest BCUT2D eigenvalue weighted by Crippen LogP contribution is 2.11. The van der Waals surface area contributed by atoms with Crippen LogP contribution in [0.2, 0.25) is 0 Å². The molecule has 0 rings (SSSR count). The first-order valence-electron chi connectivity index (χ1n) is 10.2. The normalized spacial score (nSPS) is 13.2. The third-order valence-electron chi connectivity index (χ3n) is 4.38. The standard InChI is InChI=1S/C21H33N3O8/c1-12(2)20(29)31-10-14(19(27)28)9-17(25)16(7-5-6-8-22)24-18(26)15(23)11-32-21(30)13(3)4/h14-16H,1,3,5-11,22-23H2,2,4H3,(H,24,26)(H,27,28)/p+1/t14-,15-,16-/m0/s1. The smallest absolute Gasteiger partial charge is 0.333 e. The minimum atomic E-state index is -1.56. The molecule has 3 atom stereocenters. The van der Waals surface area contributed by atoms with E-state index in [2.05, 4.69) is 29.9 Å². The van der Waals surface area contributed by atoms with Gasteiger partial charge in [-0.15, -0.1) is 0 Å². The second-order valence-electron chi connectivity index (χ2n) is 7.55. The van der Waals surface area contributed by atoms with Gasteiger partial charge in [-0.3, -0.25) is 9.59 Å². The number of carbonyl (C=O) groups is 5. The van der Waals surface area contributed by atoms with Crippen LogP contribution >= 0.6 is 0 Å². The van der Waals surface area contributed by atoms with Gasteiger partial charge < -0.3 is 36.2 Å². The molecule has 0 spiro atoms. The number of esters is 2. The zero-order valence-corrected chi connectivity index (χ0v) is 18.8. The summed E-state index contributed by atoms with van der Waals surface area (Å²) in [4.78, 5) is 59.5. The highest BCUT2D eigenvalue weighted by atomic mass is 16.5. The summed E-state index contributed by atoms with van der Waals surface area (Å²) < 4.78 is 9.73. The second-order valence-corrected chi connectivity index (χ2v) is 7.55. The average molecular weight is 457 g/mol. The van der Waals surface area contributed by atoms with Gasteiger partial charge in [-0.25, -0.2) is 9.59 Å². The van der Waals surface area contributed by atoms with Gasteiger partial charge in [0.15, 0.2) is 18.4 Å². The molecule has 0 radical (unpaired) electrons. The van der Waals surface area contributed by atoms with Crippen molar-refractivity contribution < 1.29 is 50.0 Å². The van der Waals surface area contributed by atoms with Crippen LogP contribution in [0.3, 0.4) is 0 Å². The van der Waals surface area contributed by atoms with Crippen LogP contribution in [0.4, 0.5) is 0 Å². The first-order chi connectivity index (χ1) is 14.9. The zero-order valence-electron chi connectivity index (χ0n) is 18.8. The number of carboxylic acid groups (broad SMARTS) is 1. The summed E-state index contributed by atoms with van der Waals surface area (Å²) in [5.41, 5.74) is 7.59. The van der Waals surface area contributed by atoms with E-state index in [1.54, 1.807) is 0 Å². The lowest BCUT2D eigenvalue weighted by Crippen LogP contribution is -2.70. The van der Waals surface area contributed by atoms with Crippen LogP contribution in [0.25, 0.3) is 0 Å². The van der Waals surface area contributed by atoms with E-state index < -0.39 is 60.6 Å². The lowest BCUT2D eigenvalue weighted by molar-refractivity contribution is -0.409. The Morgan fingerprint density at radius 3 is 1.97 bits per heavy atom. The fraction of sp³-hybridized carbons (Fsp3) is 0.571. The van der Waals surface area contributed by atoms with Crippen molar-refractivity contribution >= 4 is 29.6 Å². The van der Waals surface area contributed by atoms with Gasteiger partial charge in [0.25, 0.3) is 5.91 Å². The Morgan fingerprint density at radius 2 is 1.50 bits per heavy atom. The molecule has 1 amide bonds. The summed E-state index contributed by atoms with van der Waals surface area (Å²) in [6.07, 6.45) is 1.01. The molecular formula is C21H34N3O8+. The molecule has 11 nitrogen and oxygen atoms in total. The summed E-state index contributed by atoms with van der Waals surface area (Å²) >= 11 is 0. The van der Waals surface area contributed by atoms with E-state index in [-0.39, 0.29) is 24.2 Å². The number of ketones is 1. The Hall–Kier alpha value is -3.05. The molecule has 0 fully saturated rings. The van der Waals surface area contributed by atoms with Crippen molar-refractivity contribution in [2.75, 3.05) is 19.8 Å². The van der Waals surface area contributed by atoms with Crippen LogP contribution in [-0.2, 0) is 33.4 Å². The Labute approximate surface area is 187 Å². The van der Waals surface area contributed by atoms with Gasteiger partial charge in [-0.1, -0.05) is 13.2 Å². The minimum Gasteiger partial charge on any atom is -0.550 e. The molecular weight excluding hydrogens is 422 g/mol. The van der Waals surface area contributed by atoms with Crippen molar-refractivity contribution in [2.24, 2.45) is 5.92 Å². The number of unbranched alkanes of at least 4 members (excludes halogenated alkanes) is 1.